The molecule has 0 aromatic carbocycles. The van der Waals surface area contributed by atoms with Crippen molar-refractivity contribution in [3.8, 4) is 0 Å². The first-order valence-corrected chi connectivity index (χ1v) is 21.7. The molecule has 0 amide bonds. The minimum Gasteiger partial charge on any atom is -0.481 e. The van der Waals surface area contributed by atoms with Crippen molar-refractivity contribution in [2.24, 2.45) is 0 Å². The Morgan fingerprint density at radius 1 is 0.274 bits per heavy atom. The predicted octanol–water partition coefficient (Wildman–Crippen LogP) is -8.36. The van der Waals surface area contributed by atoms with Gasteiger partial charge in [0.25, 0.3) is 0 Å². The van der Waals surface area contributed by atoms with Gasteiger partial charge >= 0.3 is 119 Å². The lowest BCUT2D eigenvalue weighted by molar-refractivity contribution is -0.454. The van der Waals surface area contributed by atoms with Gasteiger partial charge in [0.05, 0.1) is 77.0 Å². The fourth-order valence-electron chi connectivity index (χ4n) is 6.47. The number of carbonyl (C=O) groups is 19. The van der Waals surface area contributed by atoms with Crippen molar-refractivity contribution in [1.82, 2.24) is 0 Å². The predicted molar refractivity (Wildman–Crippen MR) is 233 cm³/mol. The van der Waals surface area contributed by atoms with Gasteiger partial charge in [-0.2, -0.15) is 0 Å². The summed E-state index contributed by atoms with van der Waals surface area (Å²) in [5, 5.41) is 180. The zero-order valence-corrected chi connectivity index (χ0v) is 41.8. The average Bonchev–Trinajstić information content (AvgIpc) is 3.25. The van der Waals surface area contributed by atoms with Crippen LogP contribution >= 0.6 is 0 Å². The number of carbonyl (C=O) groups excluding carboxylic acids is 7. The first-order chi connectivity index (χ1) is 37.8. The van der Waals surface area contributed by atoms with Crippen molar-refractivity contribution in [3.63, 3.8) is 0 Å². The normalized spacial score (nSPS) is 17.1. The highest BCUT2D eigenvalue weighted by Crippen LogP contribution is 2.44. The maximum atomic E-state index is 14.3. The van der Waals surface area contributed by atoms with E-state index in [1.54, 1.807) is 0 Å². The molecular weight excluding hydrogens is 1180 g/mol. The van der Waals surface area contributed by atoms with Gasteiger partial charge in [-0.1, -0.05) is 0 Å². The van der Waals surface area contributed by atoms with Crippen LogP contribution in [0.3, 0.4) is 0 Å². The highest BCUT2D eigenvalue weighted by atomic mass is 16.9. The van der Waals surface area contributed by atoms with Crippen LogP contribution in [0.5, 0.6) is 0 Å². The SMILES string of the molecule is CC(=O)C(OC(=O)CC(O)(CC(=O)O)C(=O)O)C(OC(=O)CC(O)(CC(=O)O)C(=O)O)(OC(=O)CC(O)(CC(=O)O)C(=O)O)C(OC(=O)CC(O)(CC(=O)O)C(=O)O)(OC(=O)CC(O)(CC(=O)O)C(=O)O)OC(=O)CC(O)(CC(=O)O)C(=O)O. The molecule has 0 aliphatic heterocycles. The van der Waals surface area contributed by atoms with E-state index in [9.17, 15) is 183 Å². The summed E-state index contributed by atoms with van der Waals surface area (Å²) in [7, 11) is 0. The number of hydrogen-bond donors (Lipinski definition) is 18. The topological polar surface area (TPSA) is 744 Å². The average molecular weight is 1230 g/mol. The number of aliphatic hydroxyl groups is 6. The Morgan fingerprint density at radius 2 is 0.440 bits per heavy atom. The summed E-state index contributed by atoms with van der Waals surface area (Å²) in [6.07, 6.45) is -34.6. The maximum absolute atomic E-state index is 14.3. The van der Waals surface area contributed by atoms with Crippen LogP contribution in [-0.4, -0.2) is 257 Å². The van der Waals surface area contributed by atoms with Crippen LogP contribution in [0, 0.1) is 0 Å². The number of rotatable bonds is 39. The standard InChI is InChI=1S/C41H46O43/c1-14(42)27(79-21(55)8-34(73,28(61)62)2-15(43)44)40(80-22(56)9-35(74,29(63)64)3-16(45)46,81-23(57)10-36(75,30(65)66)4-17(47)48)41(82-24(58)11-37(76,31(67)68)5-18(49)50,83-25(59)12-38(77,32(69)70)6-19(51)52)84-26(60)13-39(78,33(71)72)7-20(53)54/h27,73-78H,2-13H2,1H3,(H,43,44)(H,45,46)(H,47,48)(H,49,50)(H,51,52)(H,53,54)(H,61,62)(H,63,64)(H,65,66)(H,67,68)(H,69,70)(H,71,72). The second kappa shape index (κ2) is 28.0. The Hall–Kier alpha value is -10.1. The van der Waals surface area contributed by atoms with Crippen molar-refractivity contribution in [3.05, 3.63) is 0 Å². The Kier molecular flexibility index (Phi) is 24.7. The number of aliphatic carboxylic acids is 12. The summed E-state index contributed by atoms with van der Waals surface area (Å²) in [6, 6.07) is 0. The molecule has 0 radical (unpaired) electrons. The molecule has 0 aromatic rings. The largest absolute Gasteiger partial charge is 0.511 e. The second-order valence-electron chi connectivity index (χ2n) is 17.6. The summed E-state index contributed by atoms with van der Waals surface area (Å²) < 4.78 is 28.3. The van der Waals surface area contributed by atoms with E-state index < -0.39 is 242 Å². The summed E-state index contributed by atoms with van der Waals surface area (Å²) >= 11 is 0. The Balaban J connectivity index is 10.7. The number of hydrogen-bond acceptors (Lipinski definition) is 31. The quantitative estimate of drug-likeness (QED) is 0.0154. The zero-order chi connectivity index (χ0) is 66.3. The lowest BCUT2D eigenvalue weighted by Crippen LogP contribution is -2.73. The van der Waals surface area contributed by atoms with Crippen molar-refractivity contribution in [1.29, 1.82) is 0 Å². The lowest BCUT2D eigenvalue weighted by atomic mass is 9.93. The van der Waals surface area contributed by atoms with Crippen LogP contribution in [0.2, 0.25) is 0 Å². The third kappa shape index (κ3) is 20.2. The Labute approximate surface area is 459 Å². The van der Waals surface area contributed by atoms with Gasteiger partial charge in [-0.15, -0.1) is 0 Å². The van der Waals surface area contributed by atoms with Crippen LogP contribution < -0.4 is 0 Å². The molecule has 0 bridgehead atoms. The fraction of sp³-hybridized carbons (Fsp3) is 0.537. The maximum Gasteiger partial charge on any atom is 0.511 e. The molecule has 0 saturated carbocycles. The van der Waals surface area contributed by atoms with E-state index in [1.165, 1.54) is 0 Å². The molecular formula is C41H46O43. The van der Waals surface area contributed by atoms with Crippen LogP contribution in [0.1, 0.15) is 84.0 Å². The van der Waals surface area contributed by atoms with Crippen molar-refractivity contribution in [2.75, 3.05) is 0 Å². The van der Waals surface area contributed by atoms with E-state index in [4.69, 9.17) is 9.47 Å². The first-order valence-electron chi connectivity index (χ1n) is 21.7. The molecule has 7 atom stereocenters. The van der Waals surface area contributed by atoms with Gasteiger partial charge in [0.15, 0.2) is 39.4 Å². The molecule has 84 heavy (non-hydrogen) atoms. The molecule has 43 nitrogen and oxygen atoms in total. The summed E-state index contributed by atoms with van der Waals surface area (Å²) in [6.45, 7) is -0.205. The van der Waals surface area contributed by atoms with Crippen LogP contribution in [0.25, 0.3) is 0 Å². The number of Topliss-reactive ketones (excluding diaryl/α,β-unsaturated/α-hetero) is 1. The van der Waals surface area contributed by atoms with E-state index in [-0.39, 0.29) is 6.92 Å². The Morgan fingerprint density at radius 3 is 0.595 bits per heavy atom. The van der Waals surface area contributed by atoms with Gasteiger partial charge in [0.2, 0.25) is 6.10 Å². The van der Waals surface area contributed by atoms with E-state index in [1.807, 2.05) is 0 Å². The van der Waals surface area contributed by atoms with Gasteiger partial charge in [0.1, 0.15) is 0 Å². The number of carboxylic acids is 12. The van der Waals surface area contributed by atoms with E-state index in [2.05, 4.69) is 18.9 Å². The molecule has 0 aliphatic rings. The molecule has 468 valence electrons. The second-order valence-corrected chi connectivity index (χ2v) is 17.6. The number of ether oxygens (including phenoxy) is 6. The summed E-state index contributed by atoms with van der Waals surface area (Å²) in [4.78, 5) is 243. The molecule has 0 aromatic heterocycles. The van der Waals surface area contributed by atoms with E-state index in [0.29, 0.717) is 0 Å². The summed E-state index contributed by atoms with van der Waals surface area (Å²) in [5.74, 6) is -65.4. The van der Waals surface area contributed by atoms with Crippen molar-refractivity contribution >= 4 is 113 Å². The highest BCUT2D eigenvalue weighted by molar-refractivity contribution is 5.95. The first kappa shape index (κ1) is 73.9. The third-order valence-corrected chi connectivity index (χ3v) is 10.3. The van der Waals surface area contributed by atoms with Gasteiger partial charge in [-0.05, 0) is 6.92 Å². The minimum absolute atomic E-state index is 0.205. The smallest absolute Gasteiger partial charge is 0.481 e. The molecule has 0 aliphatic carbocycles. The minimum atomic E-state index is -6.11. The summed E-state index contributed by atoms with van der Waals surface area (Å²) in [5.41, 5.74) is -25.7. The lowest BCUT2D eigenvalue weighted by Gasteiger charge is -2.46. The van der Waals surface area contributed by atoms with Crippen LogP contribution in [-0.2, 0) is 120 Å². The molecule has 7 unspecified atom stereocenters. The highest BCUT2D eigenvalue weighted by Gasteiger charge is 2.77. The monoisotopic (exact) mass is 1230 g/mol. The molecule has 43 heteroatoms. The van der Waals surface area contributed by atoms with Crippen LogP contribution in [0.4, 0.5) is 0 Å². The molecule has 0 rings (SSSR count). The molecule has 0 heterocycles. The zero-order valence-electron chi connectivity index (χ0n) is 41.8. The Bertz CT molecular complexity index is 2560. The van der Waals surface area contributed by atoms with Gasteiger partial charge in [-0.25, -0.2) is 28.8 Å². The fourth-order valence-corrected chi connectivity index (χ4v) is 6.47. The molecule has 0 spiro atoms. The molecule has 0 fully saturated rings. The van der Waals surface area contributed by atoms with Gasteiger partial charge < -0.3 is 120 Å². The van der Waals surface area contributed by atoms with Gasteiger partial charge in [-0.3, -0.25) is 62.3 Å². The van der Waals surface area contributed by atoms with Crippen molar-refractivity contribution in [2.45, 2.75) is 135 Å². The molecule has 18 N–H and O–H groups in total. The molecule has 0 saturated heterocycles. The third-order valence-electron chi connectivity index (χ3n) is 10.3. The van der Waals surface area contributed by atoms with E-state index in [0.717, 1.165) is 0 Å². The number of ketones is 1. The number of carboxylic acid groups (broad SMARTS) is 12. The number of esters is 6. The van der Waals surface area contributed by atoms with Gasteiger partial charge in [0, 0.05) is 0 Å². The van der Waals surface area contributed by atoms with E-state index >= 15 is 0 Å². The van der Waals surface area contributed by atoms with Crippen molar-refractivity contribution < 1.29 is 211 Å². The van der Waals surface area contributed by atoms with Crippen LogP contribution in [0.15, 0.2) is 0 Å².